The third-order valence-corrected chi connectivity index (χ3v) is 6.09. The van der Waals surface area contributed by atoms with Crippen LogP contribution >= 0.6 is 0 Å². The number of carbonyl (C=O) groups excluding carboxylic acids is 2. The summed E-state index contributed by atoms with van der Waals surface area (Å²) in [4.78, 5) is 25.9. The highest BCUT2D eigenvalue weighted by molar-refractivity contribution is 5.79. The molecule has 1 aromatic heterocycles. The second kappa shape index (κ2) is 8.91. The van der Waals surface area contributed by atoms with E-state index >= 15 is 0 Å². The van der Waals surface area contributed by atoms with Gasteiger partial charge in [0.1, 0.15) is 11.5 Å². The molecule has 2 bridgehead atoms. The molecule has 2 amide bonds. The maximum absolute atomic E-state index is 13.1. The van der Waals surface area contributed by atoms with Gasteiger partial charge in [-0.15, -0.1) is 5.10 Å². The SMILES string of the molecule is CC(=O)NCCNC(=O)[C@H]1CN2CC[C@@H]1C[C@@H]2Cn1cc(-c2ccc(F)cc2)nn1. The van der Waals surface area contributed by atoms with Crippen molar-refractivity contribution in [2.75, 3.05) is 26.2 Å². The Bertz CT molecular complexity index is 899. The van der Waals surface area contributed by atoms with Gasteiger partial charge in [0.05, 0.1) is 18.7 Å². The van der Waals surface area contributed by atoms with E-state index < -0.39 is 0 Å². The molecule has 9 heteroatoms. The van der Waals surface area contributed by atoms with Crippen LogP contribution in [-0.2, 0) is 16.1 Å². The van der Waals surface area contributed by atoms with Crippen molar-refractivity contribution < 1.29 is 14.0 Å². The predicted octanol–water partition coefficient (Wildman–Crippen LogP) is 1.05. The van der Waals surface area contributed by atoms with Gasteiger partial charge in [0.25, 0.3) is 0 Å². The fourth-order valence-corrected chi connectivity index (χ4v) is 4.54. The highest BCUT2D eigenvalue weighted by atomic mass is 19.1. The van der Waals surface area contributed by atoms with Crippen LogP contribution in [0, 0.1) is 17.7 Å². The Kier molecular flexibility index (Phi) is 6.08. The van der Waals surface area contributed by atoms with E-state index in [1.807, 2.05) is 10.9 Å². The minimum atomic E-state index is -0.272. The Morgan fingerprint density at radius 1 is 1.20 bits per heavy atom. The van der Waals surface area contributed by atoms with E-state index in [9.17, 15) is 14.0 Å². The molecule has 5 rings (SSSR count). The van der Waals surface area contributed by atoms with Gasteiger partial charge in [0.15, 0.2) is 0 Å². The molecule has 3 aliphatic rings. The van der Waals surface area contributed by atoms with Gasteiger partial charge < -0.3 is 10.6 Å². The first-order valence-corrected chi connectivity index (χ1v) is 10.4. The number of halogens is 1. The number of benzene rings is 1. The van der Waals surface area contributed by atoms with Crippen molar-refractivity contribution in [3.63, 3.8) is 0 Å². The molecule has 3 saturated heterocycles. The lowest BCUT2D eigenvalue weighted by Gasteiger charge is -2.49. The summed E-state index contributed by atoms with van der Waals surface area (Å²) in [6, 6.07) is 6.56. The van der Waals surface area contributed by atoms with E-state index in [-0.39, 0.29) is 23.5 Å². The topological polar surface area (TPSA) is 92.2 Å². The summed E-state index contributed by atoms with van der Waals surface area (Å²) in [6.45, 7) is 4.84. The number of fused-ring (bicyclic) bond motifs is 3. The minimum absolute atomic E-state index is 0.00199. The first-order chi connectivity index (χ1) is 14.5. The first-order valence-electron chi connectivity index (χ1n) is 10.4. The van der Waals surface area contributed by atoms with Crippen LogP contribution in [0.1, 0.15) is 19.8 Å². The number of nitrogens with one attached hydrogen (secondary N) is 2. The summed E-state index contributed by atoms with van der Waals surface area (Å²) in [7, 11) is 0. The van der Waals surface area contributed by atoms with Crippen molar-refractivity contribution >= 4 is 11.8 Å². The van der Waals surface area contributed by atoms with Gasteiger partial charge in [0.2, 0.25) is 11.8 Å². The zero-order valence-electron chi connectivity index (χ0n) is 17.1. The summed E-state index contributed by atoms with van der Waals surface area (Å²) in [6.07, 6.45) is 3.87. The third kappa shape index (κ3) is 4.67. The molecule has 8 nitrogen and oxygen atoms in total. The van der Waals surface area contributed by atoms with Gasteiger partial charge >= 0.3 is 0 Å². The number of piperidine rings is 3. The van der Waals surface area contributed by atoms with Crippen LogP contribution < -0.4 is 10.6 Å². The lowest BCUT2D eigenvalue weighted by atomic mass is 9.75. The molecule has 1 unspecified atom stereocenters. The lowest BCUT2D eigenvalue weighted by Crippen LogP contribution is -2.58. The number of carbonyl (C=O) groups is 2. The molecule has 30 heavy (non-hydrogen) atoms. The van der Waals surface area contributed by atoms with Crippen LogP contribution in [0.2, 0.25) is 0 Å². The maximum Gasteiger partial charge on any atom is 0.224 e. The summed E-state index contributed by atoms with van der Waals surface area (Å²) < 4.78 is 15.0. The van der Waals surface area contributed by atoms with E-state index in [0.29, 0.717) is 25.0 Å². The Morgan fingerprint density at radius 2 is 1.97 bits per heavy atom. The summed E-state index contributed by atoms with van der Waals surface area (Å²) >= 11 is 0. The van der Waals surface area contributed by atoms with Crippen molar-refractivity contribution in [3.8, 4) is 11.3 Å². The zero-order valence-corrected chi connectivity index (χ0v) is 17.1. The summed E-state index contributed by atoms with van der Waals surface area (Å²) in [5, 5.41) is 14.1. The number of nitrogens with zero attached hydrogens (tertiary/aromatic N) is 4. The Morgan fingerprint density at radius 3 is 2.67 bits per heavy atom. The summed E-state index contributed by atoms with van der Waals surface area (Å²) in [5.74, 6) is 0.0723. The van der Waals surface area contributed by atoms with Crippen molar-refractivity contribution in [2.45, 2.75) is 32.4 Å². The average molecular weight is 414 g/mol. The van der Waals surface area contributed by atoms with Gasteiger partial charge in [-0.25, -0.2) is 4.39 Å². The second-order valence-corrected chi connectivity index (χ2v) is 8.15. The largest absolute Gasteiger partial charge is 0.355 e. The molecule has 2 N–H and O–H groups in total. The molecule has 4 atom stereocenters. The number of rotatable bonds is 7. The van der Waals surface area contributed by atoms with Gasteiger partial charge in [-0.05, 0) is 49.6 Å². The van der Waals surface area contributed by atoms with Crippen molar-refractivity contribution in [1.29, 1.82) is 0 Å². The van der Waals surface area contributed by atoms with E-state index in [1.165, 1.54) is 19.1 Å². The van der Waals surface area contributed by atoms with Crippen LogP contribution in [-0.4, -0.2) is 63.9 Å². The lowest BCUT2D eigenvalue weighted by molar-refractivity contribution is -0.133. The number of hydrogen-bond donors (Lipinski definition) is 2. The van der Waals surface area contributed by atoms with Crippen LogP contribution in [0.4, 0.5) is 4.39 Å². The molecule has 0 saturated carbocycles. The molecule has 0 radical (unpaired) electrons. The highest BCUT2D eigenvalue weighted by Crippen LogP contribution is 2.37. The molecule has 1 aromatic carbocycles. The van der Waals surface area contributed by atoms with E-state index in [2.05, 4.69) is 25.8 Å². The normalized spacial score (nSPS) is 25.1. The Hall–Kier alpha value is -2.81. The van der Waals surface area contributed by atoms with Gasteiger partial charge in [0, 0.05) is 38.2 Å². The molecular formula is C21H27FN6O2. The van der Waals surface area contributed by atoms with E-state index in [0.717, 1.165) is 43.7 Å². The number of aromatic nitrogens is 3. The standard InChI is InChI=1S/C21H27FN6O2/c1-14(29)23-7-8-24-21(30)19-12-27-9-6-16(19)10-18(27)11-28-13-20(25-26-28)15-2-4-17(22)5-3-15/h2-5,13,16,18-19H,6-12H2,1H3,(H,23,29)(H,24,30)/t16-,18-,19+/m1/s1. The molecule has 3 fully saturated rings. The monoisotopic (exact) mass is 414 g/mol. The third-order valence-electron chi connectivity index (χ3n) is 6.09. The smallest absolute Gasteiger partial charge is 0.224 e. The minimum Gasteiger partial charge on any atom is -0.355 e. The number of amides is 2. The average Bonchev–Trinajstić information content (AvgIpc) is 3.20. The van der Waals surface area contributed by atoms with E-state index in [1.54, 1.807) is 12.1 Å². The molecular weight excluding hydrogens is 387 g/mol. The van der Waals surface area contributed by atoms with Gasteiger partial charge in [-0.2, -0.15) is 0 Å². The zero-order chi connectivity index (χ0) is 21.1. The molecule has 4 heterocycles. The van der Waals surface area contributed by atoms with Crippen LogP contribution in [0.5, 0.6) is 0 Å². The Labute approximate surface area is 174 Å². The highest BCUT2D eigenvalue weighted by Gasteiger charge is 2.43. The fraction of sp³-hybridized carbons (Fsp3) is 0.524. The molecule has 0 aliphatic carbocycles. The van der Waals surface area contributed by atoms with Gasteiger partial charge in [-0.3, -0.25) is 19.2 Å². The maximum atomic E-state index is 13.1. The molecule has 0 spiro atoms. The first kappa shape index (κ1) is 20.5. The molecule has 160 valence electrons. The number of hydrogen-bond acceptors (Lipinski definition) is 5. The van der Waals surface area contributed by atoms with Crippen molar-refractivity contribution in [3.05, 3.63) is 36.3 Å². The van der Waals surface area contributed by atoms with Crippen molar-refractivity contribution in [2.24, 2.45) is 11.8 Å². The Balaban J connectivity index is 1.31. The molecule has 3 aliphatic heterocycles. The second-order valence-electron chi connectivity index (χ2n) is 8.15. The van der Waals surface area contributed by atoms with Crippen molar-refractivity contribution in [1.82, 2.24) is 30.5 Å². The predicted molar refractivity (Wildman–Crippen MR) is 109 cm³/mol. The van der Waals surface area contributed by atoms with Crippen LogP contribution in [0.15, 0.2) is 30.5 Å². The quantitative estimate of drug-likeness (QED) is 0.661. The van der Waals surface area contributed by atoms with Gasteiger partial charge in [-0.1, -0.05) is 5.21 Å². The van der Waals surface area contributed by atoms with Crippen LogP contribution in [0.25, 0.3) is 11.3 Å². The summed E-state index contributed by atoms with van der Waals surface area (Å²) in [5.41, 5.74) is 1.56. The fourth-order valence-electron chi connectivity index (χ4n) is 4.54. The van der Waals surface area contributed by atoms with Crippen LogP contribution in [0.3, 0.4) is 0 Å². The molecule has 2 aromatic rings. The van der Waals surface area contributed by atoms with E-state index in [4.69, 9.17) is 0 Å².